The molecule has 0 saturated carbocycles. The van der Waals surface area contributed by atoms with Crippen LogP contribution in [0.4, 0.5) is 0 Å². The Hall–Kier alpha value is -2.98. The summed E-state index contributed by atoms with van der Waals surface area (Å²) in [5.41, 5.74) is 2.49. The first-order valence-electron chi connectivity index (χ1n) is 11.5. The van der Waals surface area contributed by atoms with Crippen LogP contribution in [-0.2, 0) is 19.1 Å². The maximum Gasteiger partial charge on any atom is 0.338 e. The van der Waals surface area contributed by atoms with Crippen molar-refractivity contribution in [1.82, 2.24) is 10.2 Å². The Balaban J connectivity index is 2.03. The number of amidine groups is 1. The van der Waals surface area contributed by atoms with Crippen LogP contribution < -0.4 is 14.8 Å². The van der Waals surface area contributed by atoms with Gasteiger partial charge in [-0.05, 0) is 43.4 Å². The van der Waals surface area contributed by atoms with Crippen molar-refractivity contribution in [2.24, 2.45) is 4.99 Å². The van der Waals surface area contributed by atoms with E-state index in [1.165, 1.54) is 11.8 Å². The fourth-order valence-electron chi connectivity index (χ4n) is 3.86. The summed E-state index contributed by atoms with van der Waals surface area (Å²) in [6, 6.07) is 5.02. The molecule has 2 unspecified atom stereocenters. The van der Waals surface area contributed by atoms with E-state index in [4.69, 9.17) is 18.9 Å². The highest BCUT2D eigenvalue weighted by atomic mass is 32.2. The van der Waals surface area contributed by atoms with E-state index < -0.39 is 12.0 Å². The highest BCUT2D eigenvalue weighted by molar-refractivity contribution is 8.16. The van der Waals surface area contributed by atoms with Gasteiger partial charge in [0.05, 0.1) is 44.6 Å². The van der Waals surface area contributed by atoms with Crippen LogP contribution in [0, 0.1) is 0 Å². The largest absolute Gasteiger partial charge is 0.493 e. The number of allylic oxidation sites excluding steroid dienone is 1. The van der Waals surface area contributed by atoms with Gasteiger partial charge in [-0.15, -0.1) is 0 Å². The minimum atomic E-state index is -0.560. The molecule has 0 radical (unpaired) electrons. The van der Waals surface area contributed by atoms with Crippen molar-refractivity contribution in [3.63, 3.8) is 0 Å². The second-order valence-corrected chi connectivity index (χ2v) is 9.03. The summed E-state index contributed by atoms with van der Waals surface area (Å²) >= 11 is 1.43. The number of rotatable bonds is 11. The molecular weight excluding hydrogens is 470 g/mol. The number of nitrogens with one attached hydrogen (secondary N) is 1. The molecule has 2 atom stereocenters. The van der Waals surface area contributed by atoms with Gasteiger partial charge in [0.25, 0.3) is 0 Å². The molecule has 3 rings (SSSR count). The molecular formula is C25H33N3O6S. The van der Waals surface area contributed by atoms with Crippen LogP contribution in [0.25, 0.3) is 0 Å². The minimum Gasteiger partial charge on any atom is -0.493 e. The number of amides is 1. The Morgan fingerprint density at radius 1 is 1.17 bits per heavy atom. The summed E-state index contributed by atoms with van der Waals surface area (Å²) in [6.07, 6.45) is 0.995. The molecule has 190 valence electrons. The van der Waals surface area contributed by atoms with Gasteiger partial charge in [-0.25, -0.2) is 9.79 Å². The minimum absolute atomic E-state index is 0.0711. The first-order chi connectivity index (χ1) is 16.8. The predicted octanol–water partition coefficient (Wildman–Crippen LogP) is 3.77. The number of hydrogen-bond donors (Lipinski definition) is 1. The lowest BCUT2D eigenvalue weighted by atomic mass is 9.93. The number of esters is 1. The fraction of sp³-hybridized carbons (Fsp3) is 0.480. The van der Waals surface area contributed by atoms with Gasteiger partial charge in [-0.1, -0.05) is 24.8 Å². The van der Waals surface area contributed by atoms with E-state index in [1.807, 2.05) is 36.3 Å². The molecule has 1 amide bonds. The molecule has 0 bridgehead atoms. The Morgan fingerprint density at radius 3 is 2.57 bits per heavy atom. The number of ether oxygens (including phenoxy) is 4. The second kappa shape index (κ2) is 12.1. The van der Waals surface area contributed by atoms with E-state index in [2.05, 4.69) is 10.3 Å². The molecule has 9 nitrogen and oxygen atoms in total. The average Bonchev–Trinajstić information content (AvgIpc) is 3.24. The quantitative estimate of drug-likeness (QED) is 0.360. The van der Waals surface area contributed by atoms with Crippen LogP contribution in [0.2, 0.25) is 0 Å². The van der Waals surface area contributed by atoms with E-state index in [0.717, 1.165) is 17.7 Å². The van der Waals surface area contributed by atoms with Crippen molar-refractivity contribution in [1.29, 1.82) is 0 Å². The Morgan fingerprint density at radius 2 is 1.91 bits per heavy atom. The van der Waals surface area contributed by atoms with Gasteiger partial charge in [0, 0.05) is 18.8 Å². The number of carbonyl (C=O) groups excluding carboxylic acids is 2. The van der Waals surface area contributed by atoms with Crippen LogP contribution in [0.5, 0.6) is 11.5 Å². The molecule has 0 spiro atoms. The van der Waals surface area contributed by atoms with Crippen LogP contribution in [-0.4, -0.2) is 62.5 Å². The zero-order valence-corrected chi connectivity index (χ0v) is 21.9. The van der Waals surface area contributed by atoms with E-state index >= 15 is 0 Å². The highest BCUT2D eigenvalue weighted by Crippen LogP contribution is 2.46. The molecule has 35 heavy (non-hydrogen) atoms. The predicted molar refractivity (Wildman–Crippen MR) is 135 cm³/mol. The number of methoxy groups -OCH3 is 3. The number of benzene rings is 1. The maximum atomic E-state index is 13.3. The normalized spacial score (nSPS) is 17.9. The summed E-state index contributed by atoms with van der Waals surface area (Å²) in [7, 11) is 4.68. The number of carbonyl (C=O) groups is 2. The van der Waals surface area contributed by atoms with E-state index in [-0.39, 0.29) is 31.6 Å². The molecule has 0 aromatic heterocycles. The van der Waals surface area contributed by atoms with Crippen molar-refractivity contribution >= 4 is 28.8 Å². The van der Waals surface area contributed by atoms with Gasteiger partial charge in [0.1, 0.15) is 6.61 Å². The lowest BCUT2D eigenvalue weighted by Crippen LogP contribution is -2.39. The third-order valence-electron chi connectivity index (χ3n) is 5.83. The molecule has 10 heteroatoms. The molecule has 2 aliphatic heterocycles. The zero-order valence-electron chi connectivity index (χ0n) is 21.0. The molecule has 2 heterocycles. The van der Waals surface area contributed by atoms with Gasteiger partial charge in [-0.2, -0.15) is 0 Å². The first-order valence-corrected chi connectivity index (χ1v) is 12.3. The Kier molecular flexibility index (Phi) is 9.22. The van der Waals surface area contributed by atoms with Gasteiger partial charge >= 0.3 is 5.97 Å². The fourth-order valence-corrected chi connectivity index (χ4v) is 4.82. The van der Waals surface area contributed by atoms with Crippen LogP contribution in [0.3, 0.4) is 0 Å². The van der Waals surface area contributed by atoms with Crippen LogP contribution >= 0.6 is 11.8 Å². The summed E-state index contributed by atoms with van der Waals surface area (Å²) in [4.78, 5) is 32.6. The SMILES string of the molecule is CCC(C)NC(=O)CC1=CSC2=NC(C)=C(C(=O)OCCOC)C(c3ccc(OC)c(OC)c3)N12. The number of nitrogens with zero attached hydrogens (tertiary/aromatic N) is 2. The molecule has 1 aromatic carbocycles. The average molecular weight is 504 g/mol. The topological polar surface area (TPSA) is 98.7 Å². The van der Waals surface area contributed by atoms with E-state index in [9.17, 15) is 9.59 Å². The van der Waals surface area contributed by atoms with Crippen molar-refractivity contribution in [3.05, 3.63) is 46.1 Å². The first kappa shape index (κ1) is 26.6. The smallest absolute Gasteiger partial charge is 0.338 e. The number of fused-ring (bicyclic) bond motifs is 1. The maximum absolute atomic E-state index is 13.3. The molecule has 0 fully saturated rings. The van der Waals surface area contributed by atoms with E-state index in [0.29, 0.717) is 27.9 Å². The lowest BCUT2D eigenvalue weighted by molar-refractivity contribution is -0.141. The zero-order chi connectivity index (χ0) is 25.5. The summed E-state index contributed by atoms with van der Waals surface area (Å²) < 4.78 is 21.4. The lowest BCUT2D eigenvalue weighted by Gasteiger charge is -2.36. The molecule has 1 aromatic rings. The third-order valence-corrected chi connectivity index (χ3v) is 6.71. The van der Waals surface area contributed by atoms with Crippen LogP contribution in [0.1, 0.15) is 45.2 Å². The Labute approximate surface area is 210 Å². The van der Waals surface area contributed by atoms with E-state index in [1.54, 1.807) is 34.3 Å². The van der Waals surface area contributed by atoms with Crippen molar-refractivity contribution < 1.29 is 28.5 Å². The molecule has 2 aliphatic rings. The third kappa shape index (κ3) is 5.99. The number of hydrogen-bond acceptors (Lipinski definition) is 9. The highest BCUT2D eigenvalue weighted by Gasteiger charge is 2.41. The van der Waals surface area contributed by atoms with Crippen molar-refractivity contribution in [2.45, 2.75) is 45.7 Å². The van der Waals surface area contributed by atoms with Crippen molar-refractivity contribution in [2.75, 3.05) is 34.5 Å². The summed E-state index contributed by atoms with van der Waals surface area (Å²) in [5, 5.41) is 5.62. The molecule has 0 saturated heterocycles. The van der Waals surface area contributed by atoms with Crippen molar-refractivity contribution in [3.8, 4) is 11.5 Å². The number of aliphatic imine (C=N–C) groups is 1. The molecule has 0 aliphatic carbocycles. The van der Waals surface area contributed by atoms with Crippen LogP contribution in [0.15, 0.2) is 45.6 Å². The molecule has 1 N–H and O–H groups in total. The second-order valence-electron chi connectivity index (χ2n) is 8.19. The van der Waals surface area contributed by atoms with Gasteiger partial charge in [0.2, 0.25) is 5.91 Å². The van der Waals surface area contributed by atoms with Gasteiger partial charge < -0.3 is 29.2 Å². The van der Waals surface area contributed by atoms with Gasteiger partial charge in [0.15, 0.2) is 16.7 Å². The Bertz CT molecular complexity index is 1050. The summed E-state index contributed by atoms with van der Waals surface area (Å²) in [5.74, 6) is 0.535. The van der Waals surface area contributed by atoms with Gasteiger partial charge in [-0.3, -0.25) is 4.79 Å². The standard InChI is InChI=1S/C25H33N3O6S/c1-7-15(2)26-21(29)13-18-14-35-25-27-16(3)22(24(30)34-11-10-31-4)23(28(18)25)17-8-9-19(32-5)20(12-17)33-6/h8-9,12,14-15,23H,7,10-11,13H2,1-6H3,(H,26,29). The number of thioether (sulfide) groups is 1. The summed E-state index contributed by atoms with van der Waals surface area (Å²) in [6.45, 7) is 6.19. The monoisotopic (exact) mass is 503 g/mol.